The first-order chi connectivity index (χ1) is 12.8. The van der Waals surface area contributed by atoms with E-state index in [1.54, 1.807) is 4.68 Å². The van der Waals surface area contributed by atoms with Crippen molar-refractivity contribution in [2.75, 3.05) is 12.5 Å². The van der Waals surface area contributed by atoms with Crippen molar-refractivity contribution in [1.29, 1.82) is 0 Å². The van der Waals surface area contributed by atoms with Crippen LogP contribution in [0.1, 0.15) is 114 Å². The van der Waals surface area contributed by atoms with Crippen LogP contribution in [0.4, 0.5) is 0 Å². The highest BCUT2D eigenvalue weighted by molar-refractivity contribution is 5.92. The zero-order valence-electron chi connectivity index (χ0n) is 17.6. The highest BCUT2D eigenvalue weighted by atomic mass is 35.5. The summed E-state index contributed by atoms with van der Waals surface area (Å²) in [5.41, 5.74) is 3.78. The zero-order chi connectivity index (χ0) is 18.9. The maximum Gasteiger partial charge on any atom is 0.277 e. The number of halogens is 1. The molecule has 1 rings (SSSR count). The number of unbranched alkanes of at least 4 members (excludes halogenated alkanes) is 13. The van der Waals surface area contributed by atoms with E-state index in [2.05, 4.69) is 12.3 Å². The number of aromatic nitrogens is 1. The number of nitrogens with one attached hydrogen (secondary N) is 1. The number of nitrogens with zero attached hydrogens (tertiary/aromatic N) is 1. The van der Waals surface area contributed by atoms with Gasteiger partial charge in [-0.15, -0.1) is 0 Å². The minimum Gasteiger partial charge on any atom is -1.00 e. The molecule has 1 aromatic rings. The average Bonchev–Trinajstić information content (AvgIpc) is 2.68. The molecule has 0 aliphatic carbocycles. The molecule has 0 amide bonds. The van der Waals surface area contributed by atoms with E-state index in [0.717, 1.165) is 12.1 Å². The van der Waals surface area contributed by atoms with Gasteiger partial charge in [-0.05, 0) is 12.5 Å². The molecule has 0 saturated carbocycles. The summed E-state index contributed by atoms with van der Waals surface area (Å²) in [6.45, 7) is 2.28. The first-order valence-corrected chi connectivity index (χ1v) is 11.0. The molecule has 3 nitrogen and oxygen atoms in total. The Labute approximate surface area is 173 Å². The van der Waals surface area contributed by atoms with Crippen LogP contribution in [0.3, 0.4) is 0 Å². The van der Waals surface area contributed by atoms with Crippen molar-refractivity contribution < 1.29 is 21.9 Å². The van der Waals surface area contributed by atoms with Gasteiger partial charge in [0.1, 0.15) is 0 Å². The summed E-state index contributed by atoms with van der Waals surface area (Å²) in [7, 11) is 1.84. The molecule has 0 bridgehead atoms. The molecule has 1 aromatic heterocycles. The third kappa shape index (κ3) is 12.8. The van der Waals surface area contributed by atoms with Gasteiger partial charge in [0.2, 0.25) is 5.78 Å². The predicted molar refractivity (Wildman–Crippen MR) is 111 cm³/mol. The molecular weight excluding hydrogens is 356 g/mol. The number of pyridine rings is 1. The molecule has 0 radical (unpaired) electrons. The number of Topliss-reactive ketones (excluding diaryl/α,β-unsaturated/α-hetero) is 1. The van der Waals surface area contributed by atoms with E-state index in [4.69, 9.17) is 0 Å². The Morgan fingerprint density at radius 1 is 0.815 bits per heavy atom. The fraction of sp³-hybridized carbons (Fsp3) is 0.739. The van der Waals surface area contributed by atoms with Crippen LogP contribution in [0.2, 0.25) is 0 Å². The second-order valence-electron chi connectivity index (χ2n) is 7.45. The fourth-order valence-corrected chi connectivity index (χ4v) is 3.47. The molecule has 0 spiro atoms. The Morgan fingerprint density at radius 2 is 1.30 bits per heavy atom. The van der Waals surface area contributed by atoms with Gasteiger partial charge in [-0.3, -0.25) is 4.79 Å². The Morgan fingerprint density at radius 3 is 1.78 bits per heavy atom. The molecule has 0 aromatic carbocycles. The normalized spacial score (nSPS) is 10.4. The molecule has 156 valence electrons. The van der Waals surface area contributed by atoms with Crippen molar-refractivity contribution in [3.05, 3.63) is 30.1 Å². The van der Waals surface area contributed by atoms with Crippen LogP contribution in [0.25, 0.3) is 0 Å². The van der Waals surface area contributed by atoms with E-state index in [0.29, 0.717) is 6.42 Å². The summed E-state index contributed by atoms with van der Waals surface area (Å²) in [6.07, 6.45) is 21.4. The van der Waals surface area contributed by atoms with Gasteiger partial charge in [-0.25, -0.2) is 0 Å². The monoisotopic (exact) mass is 396 g/mol. The number of carbonyl (C=O) groups excluding carboxylic acids is 1. The van der Waals surface area contributed by atoms with Gasteiger partial charge in [0.05, 0.1) is 7.05 Å². The highest BCUT2D eigenvalue weighted by Gasteiger charge is 2.17. The maximum atomic E-state index is 12.3. The SMILES string of the molecule is CCCCCCCCCCCCCCCCC(=O)c1cccc[n+]1NC.[Cl-]. The summed E-state index contributed by atoms with van der Waals surface area (Å²) in [4.78, 5) is 12.3. The van der Waals surface area contributed by atoms with Gasteiger partial charge < -0.3 is 12.4 Å². The number of carbonyl (C=O) groups is 1. The van der Waals surface area contributed by atoms with Gasteiger partial charge in [0.25, 0.3) is 5.69 Å². The smallest absolute Gasteiger partial charge is 0.277 e. The van der Waals surface area contributed by atoms with E-state index in [1.165, 1.54) is 83.5 Å². The lowest BCUT2D eigenvalue weighted by atomic mass is 10.0. The summed E-state index contributed by atoms with van der Waals surface area (Å²) in [5.74, 6) is 0.235. The van der Waals surface area contributed by atoms with E-state index in [9.17, 15) is 4.79 Å². The first-order valence-electron chi connectivity index (χ1n) is 11.0. The quantitative estimate of drug-likeness (QED) is 0.249. The van der Waals surface area contributed by atoms with Crippen molar-refractivity contribution in [3.63, 3.8) is 0 Å². The lowest BCUT2D eigenvalue weighted by Crippen LogP contribution is -3.00. The Hall–Kier alpha value is -1.09. The molecule has 0 aliphatic heterocycles. The van der Waals surface area contributed by atoms with Gasteiger partial charge >= 0.3 is 0 Å². The molecule has 0 unspecified atom stereocenters. The van der Waals surface area contributed by atoms with Crippen molar-refractivity contribution in [3.8, 4) is 0 Å². The van der Waals surface area contributed by atoms with E-state index in [1.807, 2.05) is 31.4 Å². The van der Waals surface area contributed by atoms with Crippen LogP contribution in [-0.4, -0.2) is 12.8 Å². The second kappa shape index (κ2) is 18.3. The Balaban J connectivity index is 0.00000676. The molecule has 0 fully saturated rings. The number of hydrogen-bond donors (Lipinski definition) is 1. The van der Waals surface area contributed by atoms with Gasteiger partial charge in [0.15, 0.2) is 6.20 Å². The number of ketones is 1. The standard InChI is InChI=1S/C23H40N2O.ClH/c1-3-4-5-6-7-8-9-10-11-12-13-14-15-16-20-23(26)22-19-17-18-21-25(22)24-2;/h17-19,21H,3-16,20H2,1-2H3;1H. The van der Waals surface area contributed by atoms with Crippen molar-refractivity contribution in [2.24, 2.45) is 0 Å². The molecule has 0 aliphatic rings. The van der Waals surface area contributed by atoms with E-state index < -0.39 is 0 Å². The predicted octanol–water partition coefficient (Wildman–Crippen LogP) is 3.21. The Kier molecular flexibility index (Phi) is 17.5. The molecule has 0 saturated heterocycles. The van der Waals surface area contributed by atoms with E-state index >= 15 is 0 Å². The third-order valence-corrected chi connectivity index (χ3v) is 5.14. The largest absolute Gasteiger partial charge is 1.00 e. The molecule has 0 atom stereocenters. The van der Waals surface area contributed by atoms with Crippen molar-refractivity contribution in [2.45, 2.75) is 103 Å². The fourth-order valence-electron chi connectivity index (χ4n) is 3.47. The Bertz CT molecular complexity index is 479. The third-order valence-electron chi connectivity index (χ3n) is 5.14. The molecular formula is C23H41ClN2O. The minimum absolute atomic E-state index is 0. The van der Waals surface area contributed by atoms with Crippen LogP contribution in [-0.2, 0) is 0 Å². The average molecular weight is 397 g/mol. The molecule has 4 heteroatoms. The van der Waals surface area contributed by atoms with Gasteiger partial charge in [-0.2, -0.15) is 5.43 Å². The van der Waals surface area contributed by atoms with Crippen LogP contribution in [0, 0.1) is 0 Å². The first kappa shape index (κ1) is 25.9. The molecule has 1 N–H and O–H groups in total. The lowest BCUT2D eigenvalue weighted by Gasteiger charge is -2.03. The van der Waals surface area contributed by atoms with Crippen molar-refractivity contribution in [1.82, 2.24) is 0 Å². The number of hydrogen-bond acceptors (Lipinski definition) is 2. The van der Waals surface area contributed by atoms with Gasteiger partial charge in [0, 0.05) is 18.6 Å². The molecule has 1 heterocycles. The van der Waals surface area contributed by atoms with Crippen LogP contribution >= 0.6 is 0 Å². The van der Waals surface area contributed by atoms with Gasteiger partial charge in [-0.1, -0.05) is 95.1 Å². The summed E-state index contributed by atoms with van der Waals surface area (Å²) >= 11 is 0. The van der Waals surface area contributed by atoms with Crippen LogP contribution < -0.4 is 22.5 Å². The minimum atomic E-state index is 0. The lowest BCUT2D eigenvalue weighted by molar-refractivity contribution is -0.649. The topological polar surface area (TPSA) is 33.0 Å². The van der Waals surface area contributed by atoms with Crippen molar-refractivity contribution >= 4 is 5.78 Å². The number of rotatable bonds is 17. The summed E-state index contributed by atoms with van der Waals surface area (Å²) in [6, 6.07) is 5.74. The van der Waals surface area contributed by atoms with Crippen LogP contribution in [0.5, 0.6) is 0 Å². The maximum absolute atomic E-state index is 12.3. The van der Waals surface area contributed by atoms with E-state index in [-0.39, 0.29) is 18.2 Å². The van der Waals surface area contributed by atoms with Crippen LogP contribution in [0.15, 0.2) is 24.4 Å². The summed E-state index contributed by atoms with van der Waals surface area (Å²) in [5, 5.41) is 0. The zero-order valence-corrected chi connectivity index (χ0v) is 18.4. The molecule has 27 heavy (non-hydrogen) atoms. The summed E-state index contributed by atoms with van der Waals surface area (Å²) < 4.78 is 1.80. The highest BCUT2D eigenvalue weighted by Crippen LogP contribution is 2.13. The second-order valence-corrected chi connectivity index (χ2v) is 7.45.